The van der Waals surface area contributed by atoms with Gasteiger partial charge < -0.3 is 4.90 Å². The van der Waals surface area contributed by atoms with Gasteiger partial charge in [0.2, 0.25) is 0 Å². The van der Waals surface area contributed by atoms with Crippen molar-refractivity contribution < 1.29 is 4.79 Å². The van der Waals surface area contributed by atoms with Crippen molar-refractivity contribution >= 4 is 11.5 Å². The highest BCUT2D eigenvalue weighted by atomic mass is 16.1. The van der Waals surface area contributed by atoms with Gasteiger partial charge in [-0.05, 0) is 38.3 Å². The molecule has 1 aromatic carbocycles. The first-order valence-corrected chi connectivity index (χ1v) is 6.61. The summed E-state index contributed by atoms with van der Waals surface area (Å²) < 4.78 is 0. The Kier molecular flexibility index (Phi) is 2.65. The molecule has 0 aliphatic carbocycles. The van der Waals surface area contributed by atoms with Gasteiger partial charge in [-0.1, -0.05) is 17.7 Å². The third-order valence-electron chi connectivity index (χ3n) is 4.12. The normalized spacial score (nSPS) is 28.3. The van der Waals surface area contributed by atoms with Crippen LogP contribution in [0.2, 0.25) is 0 Å². The van der Waals surface area contributed by atoms with Crippen molar-refractivity contribution in [2.75, 3.05) is 4.90 Å². The maximum Gasteiger partial charge on any atom is 0.137 e. The second kappa shape index (κ2) is 4.17. The molecule has 17 heavy (non-hydrogen) atoms. The van der Waals surface area contributed by atoms with Crippen LogP contribution in [-0.2, 0) is 4.79 Å². The standard InChI is InChI=1S/C15H19NO/c1-11-5-7-12(8-6-11)16-13-3-2-4-14(16)10-15(17)9-13/h5-8,13-14H,2-4,9-10H2,1H3. The van der Waals surface area contributed by atoms with E-state index in [-0.39, 0.29) is 0 Å². The molecule has 2 nitrogen and oxygen atoms in total. The topological polar surface area (TPSA) is 20.3 Å². The second-order valence-corrected chi connectivity index (χ2v) is 5.43. The van der Waals surface area contributed by atoms with Gasteiger partial charge in [0.25, 0.3) is 0 Å². The van der Waals surface area contributed by atoms with Crippen LogP contribution >= 0.6 is 0 Å². The minimum atomic E-state index is 0.456. The van der Waals surface area contributed by atoms with Gasteiger partial charge in [0, 0.05) is 30.6 Å². The Morgan fingerprint density at radius 3 is 2.24 bits per heavy atom. The van der Waals surface area contributed by atoms with Crippen LogP contribution < -0.4 is 4.90 Å². The Balaban J connectivity index is 1.91. The zero-order valence-electron chi connectivity index (χ0n) is 10.4. The Morgan fingerprint density at radius 2 is 1.65 bits per heavy atom. The van der Waals surface area contributed by atoms with Crippen molar-refractivity contribution in [2.45, 2.75) is 51.1 Å². The summed E-state index contributed by atoms with van der Waals surface area (Å²) in [5.74, 6) is 0.461. The highest BCUT2D eigenvalue weighted by Crippen LogP contribution is 2.36. The quantitative estimate of drug-likeness (QED) is 0.737. The van der Waals surface area contributed by atoms with Crippen LogP contribution in [0.4, 0.5) is 5.69 Å². The number of hydrogen-bond donors (Lipinski definition) is 0. The van der Waals surface area contributed by atoms with Crippen LogP contribution in [0.5, 0.6) is 0 Å². The lowest BCUT2D eigenvalue weighted by Gasteiger charge is -2.47. The number of fused-ring (bicyclic) bond motifs is 2. The zero-order chi connectivity index (χ0) is 11.8. The third kappa shape index (κ3) is 1.97. The molecule has 2 bridgehead atoms. The smallest absolute Gasteiger partial charge is 0.137 e. The van der Waals surface area contributed by atoms with Gasteiger partial charge in [-0.25, -0.2) is 0 Å². The molecule has 2 heterocycles. The first kappa shape index (κ1) is 10.8. The molecular formula is C15H19NO. The van der Waals surface area contributed by atoms with Gasteiger partial charge in [-0.3, -0.25) is 4.79 Å². The van der Waals surface area contributed by atoms with E-state index >= 15 is 0 Å². The fraction of sp³-hybridized carbons (Fsp3) is 0.533. The zero-order valence-corrected chi connectivity index (χ0v) is 10.4. The summed E-state index contributed by atoms with van der Waals surface area (Å²) in [6.45, 7) is 2.12. The van der Waals surface area contributed by atoms with Crippen LogP contribution in [0.25, 0.3) is 0 Å². The van der Waals surface area contributed by atoms with Gasteiger partial charge in [0.05, 0.1) is 0 Å². The number of ketones is 1. The lowest BCUT2D eigenvalue weighted by molar-refractivity contribution is -0.121. The highest BCUT2D eigenvalue weighted by Gasteiger charge is 2.37. The van der Waals surface area contributed by atoms with Crippen LogP contribution in [0.3, 0.4) is 0 Å². The van der Waals surface area contributed by atoms with E-state index in [1.165, 1.54) is 30.5 Å². The minimum Gasteiger partial charge on any atom is -0.365 e. The van der Waals surface area contributed by atoms with Crippen LogP contribution in [0.1, 0.15) is 37.7 Å². The molecule has 2 fully saturated rings. The van der Waals surface area contributed by atoms with E-state index < -0.39 is 0 Å². The summed E-state index contributed by atoms with van der Waals surface area (Å²) in [4.78, 5) is 14.2. The number of carbonyl (C=O) groups excluding carboxylic acids is 1. The Morgan fingerprint density at radius 1 is 1.06 bits per heavy atom. The van der Waals surface area contributed by atoms with E-state index in [0.717, 1.165) is 12.8 Å². The number of anilines is 1. The molecule has 90 valence electrons. The molecule has 3 rings (SSSR count). The number of piperidine rings is 2. The SMILES string of the molecule is Cc1ccc(N2C3CCCC2CC(=O)C3)cc1. The summed E-state index contributed by atoms with van der Waals surface area (Å²) in [7, 11) is 0. The van der Waals surface area contributed by atoms with Crippen molar-refractivity contribution in [3.05, 3.63) is 29.8 Å². The summed E-state index contributed by atoms with van der Waals surface area (Å²) in [6, 6.07) is 9.66. The highest BCUT2D eigenvalue weighted by molar-refractivity contribution is 5.82. The monoisotopic (exact) mass is 229 g/mol. The molecule has 0 spiro atoms. The first-order chi connectivity index (χ1) is 8.24. The van der Waals surface area contributed by atoms with Gasteiger partial charge >= 0.3 is 0 Å². The maximum atomic E-state index is 11.7. The van der Waals surface area contributed by atoms with Crippen molar-refractivity contribution in [3.63, 3.8) is 0 Å². The van der Waals surface area contributed by atoms with Crippen molar-refractivity contribution in [1.82, 2.24) is 0 Å². The van der Waals surface area contributed by atoms with Crippen molar-refractivity contribution in [2.24, 2.45) is 0 Å². The number of Topliss-reactive ketones (excluding diaryl/α,β-unsaturated/α-hetero) is 1. The fourth-order valence-corrected chi connectivity index (χ4v) is 3.31. The number of benzene rings is 1. The Hall–Kier alpha value is -1.31. The Bertz CT molecular complexity index is 407. The Labute approximate surface area is 103 Å². The number of carbonyl (C=O) groups is 1. The molecule has 0 N–H and O–H groups in total. The molecule has 0 radical (unpaired) electrons. The minimum absolute atomic E-state index is 0.456. The molecule has 0 saturated carbocycles. The van der Waals surface area contributed by atoms with Crippen LogP contribution in [-0.4, -0.2) is 17.9 Å². The predicted molar refractivity (Wildman–Crippen MR) is 69.3 cm³/mol. The average Bonchev–Trinajstić information content (AvgIpc) is 2.29. The number of aryl methyl sites for hydroxylation is 1. The molecule has 2 atom stereocenters. The van der Waals surface area contributed by atoms with Crippen molar-refractivity contribution in [3.8, 4) is 0 Å². The summed E-state index contributed by atoms with van der Waals surface area (Å²) in [6.07, 6.45) is 5.14. The van der Waals surface area contributed by atoms with E-state index in [9.17, 15) is 4.79 Å². The predicted octanol–water partition coefficient (Wildman–Crippen LogP) is 3.09. The first-order valence-electron chi connectivity index (χ1n) is 6.61. The molecule has 2 unspecified atom stereocenters. The lowest BCUT2D eigenvalue weighted by Crippen LogP contribution is -2.52. The van der Waals surface area contributed by atoms with E-state index in [2.05, 4.69) is 36.1 Å². The van der Waals surface area contributed by atoms with E-state index in [4.69, 9.17) is 0 Å². The second-order valence-electron chi connectivity index (χ2n) is 5.43. The van der Waals surface area contributed by atoms with Crippen molar-refractivity contribution in [1.29, 1.82) is 0 Å². The van der Waals surface area contributed by atoms with Gasteiger partial charge in [-0.2, -0.15) is 0 Å². The molecule has 2 heteroatoms. The largest absolute Gasteiger partial charge is 0.365 e. The fourth-order valence-electron chi connectivity index (χ4n) is 3.31. The average molecular weight is 229 g/mol. The number of nitrogens with zero attached hydrogens (tertiary/aromatic N) is 1. The van der Waals surface area contributed by atoms with Gasteiger partial charge in [0.1, 0.15) is 5.78 Å². The molecule has 0 amide bonds. The third-order valence-corrected chi connectivity index (χ3v) is 4.12. The number of hydrogen-bond acceptors (Lipinski definition) is 2. The molecule has 2 saturated heterocycles. The van der Waals surface area contributed by atoms with Gasteiger partial charge in [-0.15, -0.1) is 0 Å². The molecule has 1 aromatic rings. The lowest BCUT2D eigenvalue weighted by atomic mass is 9.83. The summed E-state index contributed by atoms with van der Waals surface area (Å²) >= 11 is 0. The van der Waals surface area contributed by atoms with E-state index in [1.807, 2.05) is 0 Å². The summed E-state index contributed by atoms with van der Waals surface area (Å²) in [5.41, 5.74) is 2.60. The maximum absolute atomic E-state index is 11.7. The molecule has 2 aliphatic heterocycles. The molecule has 2 aliphatic rings. The summed E-state index contributed by atoms with van der Waals surface area (Å²) in [5, 5.41) is 0. The molecular weight excluding hydrogens is 210 g/mol. The van der Waals surface area contributed by atoms with Crippen LogP contribution in [0.15, 0.2) is 24.3 Å². The van der Waals surface area contributed by atoms with Gasteiger partial charge in [0.15, 0.2) is 0 Å². The number of rotatable bonds is 1. The molecule has 0 aromatic heterocycles. The van der Waals surface area contributed by atoms with E-state index in [0.29, 0.717) is 17.9 Å². The van der Waals surface area contributed by atoms with Crippen LogP contribution in [0, 0.1) is 6.92 Å². The van der Waals surface area contributed by atoms with E-state index in [1.54, 1.807) is 0 Å².